The van der Waals surface area contributed by atoms with Crippen molar-refractivity contribution in [1.29, 1.82) is 0 Å². The van der Waals surface area contributed by atoms with Crippen LogP contribution in [0, 0.1) is 0 Å². The quantitative estimate of drug-likeness (QED) is 0.701. The van der Waals surface area contributed by atoms with E-state index in [2.05, 4.69) is 9.59 Å². The van der Waals surface area contributed by atoms with Crippen molar-refractivity contribution in [2.24, 2.45) is 0 Å². The topological polar surface area (TPSA) is 25.8 Å². The number of nitrogens with zero attached hydrogens (tertiary/aromatic N) is 2. The summed E-state index contributed by atoms with van der Waals surface area (Å²) in [6.45, 7) is 0. The van der Waals surface area contributed by atoms with E-state index in [1.54, 1.807) is 6.20 Å². The lowest BCUT2D eigenvalue weighted by Crippen LogP contribution is -1.70. The average Bonchev–Trinajstić information content (AvgIpc) is 2.58. The third-order valence-corrected chi connectivity index (χ3v) is 2.46. The molecular formula is C8H5ClN2S. The minimum Gasteiger partial charge on any atom is -0.146 e. The van der Waals surface area contributed by atoms with Crippen LogP contribution in [0.1, 0.15) is 0 Å². The summed E-state index contributed by atoms with van der Waals surface area (Å²) < 4.78 is 3.78. The summed E-state index contributed by atoms with van der Waals surface area (Å²) in [5.74, 6) is 0. The molecule has 0 saturated carbocycles. The molecule has 0 saturated heterocycles. The minimum absolute atomic E-state index is 0.747. The van der Waals surface area contributed by atoms with Gasteiger partial charge in [0.25, 0.3) is 0 Å². The lowest BCUT2D eigenvalue weighted by molar-refractivity contribution is 1.16. The first-order valence-electron chi connectivity index (χ1n) is 3.39. The van der Waals surface area contributed by atoms with Crippen molar-refractivity contribution >= 4 is 23.1 Å². The molecule has 2 nitrogen and oxygen atoms in total. The van der Waals surface area contributed by atoms with Crippen LogP contribution in [-0.2, 0) is 0 Å². The van der Waals surface area contributed by atoms with Crippen LogP contribution in [0.25, 0.3) is 10.4 Å². The van der Waals surface area contributed by atoms with Crippen molar-refractivity contribution < 1.29 is 0 Å². The number of rotatable bonds is 1. The summed E-state index contributed by atoms with van der Waals surface area (Å²) >= 11 is 7.12. The van der Waals surface area contributed by atoms with Crippen LogP contribution >= 0.6 is 23.1 Å². The standard InChI is InChI=1S/C8H5ClN2S/c9-7-3-1-6(2-4-7)8-5-10-11-12-8/h1-5H. The monoisotopic (exact) mass is 196 g/mol. The van der Waals surface area contributed by atoms with Crippen molar-refractivity contribution in [2.45, 2.75) is 0 Å². The summed E-state index contributed by atoms with van der Waals surface area (Å²) in [6.07, 6.45) is 1.74. The van der Waals surface area contributed by atoms with Gasteiger partial charge in [-0.05, 0) is 29.2 Å². The van der Waals surface area contributed by atoms with Gasteiger partial charge >= 0.3 is 0 Å². The number of hydrogen-bond donors (Lipinski definition) is 0. The highest BCUT2D eigenvalue weighted by Gasteiger charge is 1.98. The van der Waals surface area contributed by atoms with E-state index in [0.29, 0.717) is 0 Å². The van der Waals surface area contributed by atoms with E-state index in [1.807, 2.05) is 24.3 Å². The van der Waals surface area contributed by atoms with Gasteiger partial charge in [-0.15, -0.1) is 5.10 Å². The van der Waals surface area contributed by atoms with Gasteiger partial charge in [-0.2, -0.15) is 0 Å². The molecule has 0 N–H and O–H groups in total. The molecule has 0 aliphatic heterocycles. The maximum Gasteiger partial charge on any atom is 0.0753 e. The summed E-state index contributed by atoms with van der Waals surface area (Å²) in [5.41, 5.74) is 1.11. The average molecular weight is 197 g/mol. The predicted octanol–water partition coefficient (Wildman–Crippen LogP) is 2.86. The highest BCUT2D eigenvalue weighted by molar-refractivity contribution is 7.09. The van der Waals surface area contributed by atoms with Crippen molar-refractivity contribution in [3.63, 3.8) is 0 Å². The molecule has 0 amide bonds. The van der Waals surface area contributed by atoms with E-state index in [1.165, 1.54) is 11.5 Å². The van der Waals surface area contributed by atoms with E-state index in [4.69, 9.17) is 11.6 Å². The SMILES string of the molecule is Clc1ccc(-c2cnns2)cc1. The van der Waals surface area contributed by atoms with Crippen LogP contribution in [-0.4, -0.2) is 9.59 Å². The van der Waals surface area contributed by atoms with E-state index >= 15 is 0 Å². The van der Waals surface area contributed by atoms with Crippen molar-refractivity contribution in [1.82, 2.24) is 9.59 Å². The molecule has 0 unspecified atom stereocenters. The predicted molar refractivity (Wildman–Crippen MR) is 50.4 cm³/mol. The van der Waals surface area contributed by atoms with Gasteiger partial charge in [0.15, 0.2) is 0 Å². The highest BCUT2D eigenvalue weighted by atomic mass is 35.5. The fraction of sp³-hybridized carbons (Fsp3) is 0. The summed E-state index contributed by atoms with van der Waals surface area (Å²) in [5, 5.41) is 4.50. The maximum absolute atomic E-state index is 5.75. The lowest BCUT2D eigenvalue weighted by Gasteiger charge is -1.93. The van der Waals surface area contributed by atoms with Gasteiger partial charge in [0.2, 0.25) is 0 Å². The Bertz CT molecular complexity index is 355. The van der Waals surface area contributed by atoms with Gasteiger partial charge in [0, 0.05) is 5.02 Å². The third kappa shape index (κ3) is 1.47. The molecule has 0 spiro atoms. The molecule has 2 rings (SSSR count). The molecule has 1 aromatic carbocycles. The molecule has 0 bridgehead atoms. The van der Waals surface area contributed by atoms with Crippen LogP contribution in [0.3, 0.4) is 0 Å². The van der Waals surface area contributed by atoms with Crippen molar-refractivity contribution in [3.05, 3.63) is 35.5 Å². The molecule has 0 aliphatic rings. The van der Waals surface area contributed by atoms with E-state index < -0.39 is 0 Å². The maximum atomic E-state index is 5.75. The van der Waals surface area contributed by atoms with Crippen LogP contribution < -0.4 is 0 Å². The Hall–Kier alpha value is -0.930. The smallest absolute Gasteiger partial charge is 0.0753 e. The first kappa shape index (κ1) is 7.71. The second kappa shape index (κ2) is 3.21. The fourth-order valence-electron chi connectivity index (χ4n) is 0.909. The second-order valence-corrected chi connectivity index (χ2v) is 3.51. The second-order valence-electron chi connectivity index (χ2n) is 2.29. The zero-order valence-electron chi connectivity index (χ0n) is 6.07. The minimum atomic E-state index is 0.747. The summed E-state index contributed by atoms with van der Waals surface area (Å²) in [4.78, 5) is 1.06. The number of aromatic nitrogens is 2. The van der Waals surface area contributed by atoms with Crippen LogP contribution in [0.4, 0.5) is 0 Å². The molecule has 1 aromatic heterocycles. The number of hydrogen-bond acceptors (Lipinski definition) is 3. The largest absolute Gasteiger partial charge is 0.146 e. The van der Waals surface area contributed by atoms with Gasteiger partial charge in [-0.3, -0.25) is 0 Å². The Morgan fingerprint density at radius 1 is 1.17 bits per heavy atom. The Morgan fingerprint density at radius 3 is 2.50 bits per heavy atom. The molecule has 12 heavy (non-hydrogen) atoms. The number of halogens is 1. The Kier molecular flexibility index (Phi) is 2.06. The van der Waals surface area contributed by atoms with Gasteiger partial charge in [-0.25, -0.2) is 0 Å². The molecule has 0 aliphatic carbocycles. The summed E-state index contributed by atoms with van der Waals surface area (Å²) in [6, 6.07) is 7.63. The Morgan fingerprint density at radius 2 is 1.92 bits per heavy atom. The molecule has 60 valence electrons. The molecular weight excluding hydrogens is 192 g/mol. The zero-order chi connectivity index (χ0) is 8.39. The zero-order valence-corrected chi connectivity index (χ0v) is 7.64. The molecule has 2 aromatic rings. The van der Waals surface area contributed by atoms with Gasteiger partial charge in [0.05, 0.1) is 11.1 Å². The third-order valence-electron chi connectivity index (χ3n) is 1.49. The first-order valence-corrected chi connectivity index (χ1v) is 4.55. The van der Waals surface area contributed by atoms with Crippen molar-refractivity contribution in [3.8, 4) is 10.4 Å². The van der Waals surface area contributed by atoms with Crippen molar-refractivity contribution in [2.75, 3.05) is 0 Å². The summed E-state index contributed by atoms with van der Waals surface area (Å²) in [7, 11) is 0. The lowest BCUT2D eigenvalue weighted by atomic mass is 10.2. The fourth-order valence-corrected chi connectivity index (χ4v) is 1.55. The van der Waals surface area contributed by atoms with E-state index in [-0.39, 0.29) is 0 Å². The van der Waals surface area contributed by atoms with Gasteiger partial charge in [0.1, 0.15) is 0 Å². The Balaban J connectivity index is 2.43. The van der Waals surface area contributed by atoms with Gasteiger partial charge in [-0.1, -0.05) is 28.2 Å². The normalized spacial score (nSPS) is 10.1. The van der Waals surface area contributed by atoms with Crippen LogP contribution in [0.2, 0.25) is 5.02 Å². The van der Waals surface area contributed by atoms with Crippen LogP contribution in [0.5, 0.6) is 0 Å². The number of benzene rings is 1. The Labute approximate surface area is 79.0 Å². The molecule has 1 heterocycles. The van der Waals surface area contributed by atoms with E-state index in [9.17, 15) is 0 Å². The van der Waals surface area contributed by atoms with E-state index in [0.717, 1.165) is 15.5 Å². The molecule has 0 radical (unpaired) electrons. The molecule has 0 atom stereocenters. The van der Waals surface area contributed by atoms with Crippen LogP contribution in [0.15, 0.2) is 30.5 Å². The molecule has 4 heteroatoms. The highest BCUT2D eigenvalue weighted by Crippen LogP contribution is 2.22. The van der Waals surface area contributed by atoms with Gasteiger partial charge < -0.3 is 0 Å². The molecule has 0 fully saturated rings. The first-order chi connectivity index (χ1) is 5.86.